The highest BCUT2D eigenvalue weighted by atomic mass is 16.3. The standard InChI is InChI=1S/C5H13NO/c1-3-5(4-7)6-2/h5-7H,3-4H2,1-2H3/t5-/m0/s1. The Bertz CT molecular complexity index is 29.6. The van der Waals surface area contributed by atoms with E-state index in [-0.39, 0.29) is 6.61 Å². The predicted octanol–water partition coefficient (Wildman–Crippen LogP) is -0.0233. The second kappa shape index (κ2) is 4.09. The summed E-state index contributed by atoms with van der Waals surface area (Å²) in [6, 6.07) is 0.292. The van der Waals surface area contributed by atoms with Crippen molar-refractivity contribution in [3.8, 4) is 0 Å². The minimum absolute atomic E-state index is 0.243. The minimum atomic E-state index is 0.243. The number of rotatable bonds is 3. The molecule has 0 saturated carbocycles. The van der Waals surface area contributed by atoms with Gasteiger partial charge in [-0.25, -0.2) is 0 Å². The molecule has 1 atom stereocenters. The molecule has 0 aliphatic heterocycles. The summed E-state index contributed by atoms with van der Waals surface area (Å²) in [4.78, 5) is 0. The lowest BCUT2D eigenvalue weighted by atomic mass is 10.2. The molecule has 44 valence electrons. The maximum Gasteiger partial charge on any atom is 0.0584 e. The van der Waals surface area contributed by atoms with E-state index in [9.17, 15) is 0 Å². The SMILES string of the molecule is CC[C@@H](CO)NC. The number of nitrogens with one attached hydrogen (secondary N) is 1. The highest BCUT2D eigenvalue weighted by Crippen LogP contribution is 1.84. The van der Waals surface area contributed by atoms with Gasteiger partial charge in [0.25, 0.3) is 0 Å². The molecule has 0 bridgehead atoms. The molecule has 2 heteroatoms. The molecule has 0 aromatic rings. The van der Waals surface area contributed by atoms with Gasteiger partial charge in [0.2, 0.25) is 0 Å². The van der Waals surface area contributed by atoms with E-state index in [0.29, 0.717) is 6.04 Å². The highest BCUT2D eigenvalue weighted by Gasteiger charge is 1.95. The Kier molecular flexibility index (Phi) is 4.04. The van der Waals surface area contributed by atoms with Crippen LogP contribution in [0.1, 0.15) is 13.3 Å². The van der Waals surface area contributed by atoms with Gasteiger partial charge in [0, 0.05) is 6.04 Å². The van der Waals surface area contributed by atoms with E-state index >= 15 is 0 Å². The van der Waals surface area contributed by atoms with Gasteiger partial charge < -0.3 is 10.4 Å². The van der Waals surface area contributed by atoms with E-state index in [4.69, 9.17) is 5.11 Å². The first kappa shape index (κ1) is 6.92. The van der Waals surface area contributed by atoms with Crippen LogP contribution in [0.5, 0.6) is 0 Å². The highest BCUT2D eigenvalue weighted by molar-refractivity contribution is 4.56. The van der Waals surface area contributed by atoms with Gasteiger partial charge in [-0.05, 0) is 13.5 Å². The van der Waals surface area contributed by atoms with Gasteiger partial charge in [0.15, 0.2) is 0 Å². The minimum Gasteiger partial charge on any atom is -0.395 e. The fraction of sp³-hybridized carbons (Fsp3) is 1.00. The maximum atomic E-state index is 8.46. The molecule has 2 N–H and O–H groups in total. The Morgan fingerprint density at radius 2 is 2.29 bits per heavy atom. The zero-order chi connectivity index (χ0) is 5.70. The molecule has 0 rings (SSSR count). The zero-order valence-electron chi connectivity index (χ0n) is 4.94. The number of aliphatic hydroxyl groups excluding tert-OH is 1. The first-order valence-electron chi connectivity index (χ1n) is 2.63. The maximum absolute atomic E-state index is 8.46. The summed E-state index contributed by atoms with van der Waals surface area (Å²) in [6.07, 6.45) is 0.993. The molecule has 0 radical (unpaired) electrons. The van der Waals surface area contributed by atoms with Crippen molar-refractivity contribution >= 4 is 0 Å². The number of hydrogen-bond donors (Lipinski definition) is 2. The molecule has 0 aliphatic carbocycles. The van der Waals surface area contributed by atoms with Crippen molar-refractivity contribution in [2.75, 3.05) is 13.7 Å². The van der Waals surface area contributed by atoms with Crippen LogP contribution < -0.4 is 5.32 Å². The summed E-state index contributed by atoms with van der Waals surface area (Å²) in [6.45, 7) is 2.28. The van der Waals surface area contributed by atoms with E-state index in [0.717, 1.165) is 6.42 Å². The summed E-state index contributed by atoms with van der Waals surface area (Å²) < 4.78 is 0. The second-order valence-corrected chi connectivity index (χ2v) is 1.58. The van der Waals surface area contributed by atoms with Crippen LogP contribution in [0, 0.1) is 0 Å². The van der Waals surface area contributed by atoms with Crippen molar-refractivity contribution in [1.82, 2.24) is 5.32 Å². The molecule has 0 unspecified atom stereocenters. The van der Waals surface area contributed by atoms with Gasteiger partial charge in [0.1, 0.15) is 0 Å². The number of likely N-dealkylation sites (N-methyl/N-ethyl adjacent to an activating group) is 1. The van der Waals surface area contributed by atoms with Crippen molar-refractivity contribution in [3.63, 3.8) is 0 Å². The van der Waals surface area contributed by atoms with Gasteiger partial charge in [-0.1, -0.05) is 6.92 Å². The molecule has 0 heterocycles. The largest absolute Gasteiger partial charge is 0.395 e. The summed E-state index contributed by atoms with van der Waals surface area (Å²) >= 11 is 0. The van der Waals surface area contributed by atoms with Crippen LogP contribution in [-0.4, -0.2) is 24.8 Å². The Morgan fingerprint density at radius 1 is 1.71 bits per heavy atom. The molecule has 2 nitrogen and oxygen atoms in total. The zero-order valence-corrected chi connectivity index (χ0v) is 4.94. The molecule has 0 saturated heterocycles. The van der Waals surface area contributed by atoms with Crippen LogP contribution in [0.15, 0.2) is 0 Å². The van der Waals surface area contributed by atoms with E-state index < -0.39 is 0 Å². The third kappa shape index (κ3) is 2.60. The van der Waals surface area contributed by atoms with Crippen LogP contribution in [-0.2, 0) is 0 Å². The molecule has 0 spiro atoms. The topological polar surface area (TPSA) is 32.3 Å². The molecule has 0 amide bonds. The first-order chi connectivity index (χ1) is 3.35. The summed E-state index contributed by atoms with van der Waals surface area (Å²) in [5.74, 6) is 0. The molecular weight excluding hydrogens is 90.1 g/mol. The normalized spacial score (nSPS) is 14.1. The number of aliphatic hydroxyl groups is 1. The third-order valence-electron chi connectivity index (χ3n) is 1.12. The molecule has 0 aromatic heterocycles. The van der Waals surface area contributed by atoms with E-state index in [1.54, 1.807) is 0 Å². The van der Waals surface area contributed by atoms with Gasteiger partial charge in [-0.3, -0.25) is 0 Å². The smallest absolute Gasteiger partial charge is 0.0584 e. The molecule has 0 aliphatic rings. The fourth-order valence-corrected chi connectivity index (χ4v) is 0.425. The molecular formula is C5H13NO. The fourth-order valence-electron chi connectivity index (χ4n) is 0.425. The van der Waals surface area contributed by atoms with Crippen molar-refractivity contribution in [3.05, 3.63) is 0 Å². The Labute approximate surface area is 44.5 Å². The summed E-state index contributed by atoms with van der Waals surface area (Å²) in [5, 5.41) is 11.4. The van der Waals surface area contributed by atoms with Gasteiger partial charge in [-0.15, -0.1) is 0 Å². The van der Waals surface area contributed by atoms with Crippen LogP contribution in [0.2, 0.25) is 0 Å². The van der Waals surface area contributed by atoms with E-state index in [2.05, 4.69) is 5.32 Å². The second-order valence-electron chi connectivity index (χ2n) is 1.58. The van der Waals surface area contributed by atoms with Crippen LogP contribution in [0.3, 0.4) is 0 Å². The summed E-state index contributed by atoms with van der Waals surface area (Å²) in [7, 11) is 1.85. The van der Waals surface area contributed by atoms with Crippen LogP contribution in [0.4, 0.5) is 0 Å². The van der Waals surface area contributed by atoms with E-state index in [1.165, 1.54) is 0 Å². The quantitative estimate of drug-likeness (QED) is 0.526. The average Bonchev–Trinajstić information content (AvgIpc) is 1.72. The molecule has 7 heavy (non-hydrogen) atoms. The molecule has 0 aromatic carbocycles. The number of hydrogen-bond acceptors (Lipinski definition) is 2. The average molecular weight is 103 g/mol. The lowest BCUT2D eigenvalue weighted by Gasteiger charge is -2.07. The van der Waals surface area contributed by atoms with Crippen molar-refractivity contribution in [2.45, 2.75) is 19.4 Å². The van der Waals surface area contributed by atoms with Crippen molar-refractivity contribution in [2.24, 2.45) is 0 Å². The lowest BCUT2D eigenvalue weighted by molar-refractivity contribution is 0.245. The predicted molar refractivity (Wildman–Crippen MR) is 30.2 cm³/mol. The Balaban J connectivity index is 2.99. The van der Waals surface area contributed by atoms with Gasteiger partial charge in [0.05, 0.1) is 6.61 Å². The Morgan fingerprint density at radius 3 is 2.29 bits per heavy atom. The molecule has 0 fully saturated rings. The monoisotopic (exact) mass is 103 g/mol. The lowest BCUT2D eigenvalue weighted by Crippen LogP contribution is -2.27. The van der Waals surface area contributed by atoms with Crippen LogP contribution >= 0.6 is 0 Å². The van der Waals surface area contributed by atoms with Crippen LogP contribution in [0.25, 0.3) is 0 Å². The summed E-state index contributed by atoms with van der Waals surface area (Å²) in [5.41, 5.74) is 0. The third-order valence-corrected chi connectivity index (χ3v) is 1.12. The van der Waals surface area contributed by atoms with Crippen molar-refractivity contribution < 1.29 is 5.11 Å². The van der Waals surface area contributed by atoms with Gasteiger partial charge >= 0.3 is 0 Å². The van der Waals surface area contributed by atoms with Crippen molar-refractivity contribution in [1.29, 1.82) is 0 Å². The van der Waals surface area contributed by atoms with Gasteiger partial charge in [-0.2, -0.15) is 0 Å². The van der Waals surface area contributed by atoms with E-state index in [1.807, 2.05) is 14.0 Å². The Hall–Kier alpha value is -0.0800. The first-order valence-corrected chi connectivity index (χ1v) is 2.63.